The van der Waals surface area contributed by atoms with Gasteiger partial charge < -0.3 is 24.8 Å². The molecule has 0 aliphatic heterocycles. The minimum absolute atomic E-state index is 0.0505. The summed E-state index contributed by atoms with van der Waals surface area (Å²) in [5, 5.41) is 16.3. The first kappa shape index (κ1) is 30.6. The smallest absolute Gasteiger partial charge is 0.226 e. The number of hydrogen-bond donors (Lipinski definition) is 2. The highest BCUT2D eigenvalue weighted by Crippen LogP contribution is 2.17. The van der Waals surface area contributed by atoms with Gasteiger partial charge in [-0.05, 0) is 66.0 Å². The number of carbonyl (C=O) groups excluding carboxylic acids is 1. The molecule has 2 N–H and O–H groups in total. The van der Waals surface area contributed by atoms with Crippen molar-refractivity contribution in [2.75, 3.05) is 25.5 Å². The highest BCUT2D eigenvalue weighted by atomic mass is 32.1. The number of ether oxygens (including phenoxy) is 1. The third-order valence-corrected chi connectivity index (χ3v) is 7.24. The minimum atomic E-state index is -0.0817. The maximum Gasteiger partial charge on any atom is 0.226 e. The molecule has 212 valence electrons. The normalized spacial score (nSPS) is 12.3. The lowest BCUT2D eigenvalue weighted by atomic mass is 9.98. The van der Waals surface area contributed by atoms with Gasteiger partial charge in [0.05, 0.1) is 31.5 Å². The molecule has 1 amide bonds. The van der Waals surface area contributed by atoms with E-state index in [1.54, 1.807) is 31.8 Å². The summed E-state index contributed by atoms with van der Waals surface area (Å²) in [5.41, 5.74) is 3.38. The van der Waals surface area contributed by atoms with E-state index in [-0.39, 0.29) is 24.3 Å². The van der Waals surface area contributed by atoms with Gasteiger partial charge in [0.2, 0.25) is 5.91 Å². The van der Waals surface area contributed by atoms with E-state index in [4.69, 9.17) is 22.2 Å². The summed E-state index contributed by atoms with van der Waals surface area (Å²) in [6.45, 7) is 10.6. The van der Waals surface area contributed by atoms with Crippen molar-refractivity contribution >= 4 is 28.9 Å². The second kappa shape index (κ2) is 15.0. The molecule has 0 bridgehead atoms. The molecule has 0 radical (unpaired) electrons. The molecule has 1 aromatic heterocycles. The van der Waals surface area contributed by atoms with Crippen LogP contribution in [0.4, 0.5) is 5.69 Å². The number of amides is 1. The zero-order valence-corrected chi connectivity index (χ0v) is 24.9. The van der Waals surface area contributed by atoms with Gasteiger partial charge in [0.25, 0.3) is 0 Å². The van der Waals surface area contributed by atoms with Crippen molar-refractivity contribution in [3.05, 3.63) is 77.9 Å². The van der Waals surface area contributed by atoms with E-state index in [1.165, 1.54) is 0 Å². The lowest BCUT2D eigenvalue weighted by molar-refractivity contribution is -0.121. The molecule has 8 nitrogen and oxygen atoms in total. The summed E-state index contributed by atoms with van der Waals surface area (Å²) in [6, 6.07) is 17.2. The first-order chi connectivity index (χ1) is 19.2. The van der Waals surface area contributed by atoms with Crippen LogP contribution in [0.15, 0.2) is 61.1 Å². The predicted molar refractivity (Wildman–Crippen MR) is 163 cm³/mol. The summed E-state index contributed by atoms with van der Waals surface area (Å²) in [4.78, 5) is 19.7. The van der Waals surface area contributed by atoms with Gasteiger partial charge >= 0.3 is 0 Å². The number of carbonyl (C=O) groups is 1. The van der Waals surface area contributed by atoms with Crippen LogP contribution in [-0.4, -0.2) is 51.7 Å². The molecule has 0 saturated carbocycles. The van der Waals surface area contributed by atoms with Crippen LogP contribution in [0.5, 0.6) is 5.75 Å². The van der Waals surface area contributed by atoms with E-state index in [0.717, 1.165) is 35.7 Å². The Hall–Kier alpha value is -3.90. The van der Waals surface area contributed by atoms with Gasteiger partial charge in [-0.15, -0.1) is 0 Å². The number of aromatic nitrogens is 2. The van der Waals surface area contributed by atoms with Gasteiger partial charge in [-0.1, -0.05) is 46.2 Å². The predicted octanol–water partition coefficient (Wildman–Crippen LogP) is 5.24. The summed E-state index contributed by atoms with van der Waals surface area (Å²) in [6.07, 6.45) is 4.62. The number of nitrogens with one attached hydrogen (secondary N) is 2. The van der Waals surface area contributed by atoms with Crippen LogP contribution in [0, 0.1) is 23.2 Å². The lowest BCUT2D eigenvalue weighted by Crippen LogP contribution is -2.51. The number of imidazole rings is 1. The van der Waals surface area contributed by atoms with E-state index in [0.29, 0.717) is 29.7 Å². The SMILES string of the molecule is CC[C@H](C)[C@@H](CN(CC(C)C)C(=S)Nc1ccc(OC)cc1)NC(=O)Cc1cncn1Cc1ccc(C#N)cc1. The van der Waals surface area contributed by atoms with E-state index in [9.17, 15) is 4.79 Å². The molecule has 0 unspecified atom stereocenters. The Morgan fingerprint density at radius 2 is 1.82 bits per heavy atom. The third-order valence-electron chi connectivity index (χ3n) is 6.88. The number of rotatable bonds is 13. The van der Waals surface area contributed by atoms with Crippen molar-refractivity contribution < 1.29 is 9.53 Å². The van der Waals surface area contributed by atoms with Gasteiger partial charge in [-0.2, -0.15) is 5.26 Å². The van der Waals surface area contributed by atoms with Crippen LogP contribution < -0.4 is 15.4 Å². The zero-order chi connectivity index (χ0) is 29.1. The number of hydrogen-bond acceptors (Lipinski definition) is 5. The standard InChI is InChI=1S/C31H40N6O2S/c1-6-23(4)29(20-36(18-22(2)3)31(40)34-26-11-13-28(39-5)14-12-26)35-30(38)15-27-17-33-21-37(27)19-25-9-7-24(16-32)8-10-25/h7-14,17,21-23,29H,6,15,18-20H2,1-5H3,(H,34,40)(H,35,38)/t23-,29+/m0/s1. The molecule has 2 aromatic carbocycles. The van der Waals surface area contributed by atoms with Crippen LogP contribution in [0.2, 0.25) is 0 Å². The van der Waals surface area contributed by atoms with E-state index in [2.05, 4.69) is 54.3 Å². The van der Waals surface area contributed by atoms with Crippen LogP contribution in [-0.2, 0) is 17.8 Å². The molecule has 0 aliphatic rings. The van der Waals surface area contributed by atoms with E-state index in [1.807, 2.05) is 41.0 Å². The van der Waals surface area contributed by atoms with Crippen LogP contribution in [0.3, 0.4) is 0 Å². The van der Waals surface area contributed by atoms with Gasteiger partial charge in [0, 0.05) is 43.3 Å². The third kappa shape index (κ3) is 9.09. The number of anilines is 1. The molecule has 0 aliphatic carbocycles. The Morgan fingerprint density at radius 1 is 1.12 bits per heavy atom. The average Bonchev–Trinajstić information content (AvgIpc) is 3.38. The molecule has 3 rings (SSSR count). The molecule has 0 spiro atoms. The fourth-order valence-electron chi connectivity index (χ4n) is 4.39. The minimum Gasteiger partial charge on any atom is -0.497 e. The fraction of sp³-hybridized carbons (Fsp3) is 0.419. The topological polar surface area (TPSA) is 95.2 Å². The maximum atomic E-state index is 13.3. The Kier molecular flexibility index (Phi) is 11.5. The second-order valence-corrected chi connectivity index (χ2v) is 10.9. The van der Waals surface area contributed by atoms with Crippen molar-refractivity contribution in [3.8, 4) is 11.8 Å². The van der Waals surface area contributed by atoms with Crippen molar-refractivity contribution in [1.29, 1.82) is 5.26 Å². The highest BCUT2D eigenvalue weighted by molar-refractivity contribution is 7.80. The number of nitrogens with zero attached hydrogens (tertiary/aromatic N) is 4. The lowest BCUT2D eigenvalue weighted by Gasteiger charge is -2.34. The van der Waals surface area contributed by atoms with Gasteiger partial charge in [0.15, 0.2) is 5.11 Å². The van der Waals surface area contributed by atoms with Crippen molar-refractivity contribution in [1.82, 2.24) is 19.8 Å². The molecule has 40 heavy (non-hydrogen) atoms. The molecular formula is C31H40N6O2S. The molecular weight excluding hydrogens is 520 g/mol. The van der Waals surface area contributed by atoms with Crippen molar-refractivity contribution in [2.24, 2.45) is 11.8 Å². The number of methoxy groups -OCH3 is 1. The monoisotopic (exact) mass is 560 g/mol. The maximum absolute atomic E-state index is 13.3. The first-order valence-corrected chi connectivity index (χ1v) is 14.1. The second-order valence-electron chi connectivity index (χ2n) is 10.5. The zero-order valence-electron chi connectivity index (χ0n) is 24.1. The van der Waals surface area contributed by atoms with Crippen LogP contribution in [0.1, 0.15) is 50.9 Å². The quantitative estimate of drug-likeness (QED) is 0.276. The Bertz CT molecular complexity index is 1280. The van der Waals surface area contributed by atoms with Crippen molar-refractivity contribution in [3.63, 3.8) is 0 Å². The molecule has 0 fully saturated rings. The molecule has 0 saturated heterocycles. The molecule has 1 heterocycles. The Balaban J connectivity index is 1.68. The summed E-state index contributed by atoms with van der Waals surface area (Å²) >= 11 is 5.82. The summed E-state index contributed by atoms with van der Waals surface area (Å²) in [5.74, 6) is 1.38. The largest absolute Gasteiger partial charge is 0.497 e. The number of thiocarbonyl (C=S) groups is 1. The first-order valence-electron chi connectivity index (χ1n) is 13.7. The Labute approximate surface area is 243 Å². The van der Waals surface area contributed by atoms with Gasteiger partial charge in [-0.25, -0.2) is 4.98 Å². The summed E-state index contributed by atoms with van der Waals surface area (Å²) in [7, 11) is 1.64. The van der Waals surface area contributed by atoms with E-state index < -0.39 is 0 Å². The average molecular weight is 561 g/mol. The highest BCUT2D eigenvalue weighted by Gasteiger charge is 2.24. The van der Waals surface area contributed by atoms with Gasteiger partial charge in [-0.3, -0.25) is 4.79 Å². The Morgan fingerprint density at radius 3 is 2.42 bits per heavy atom. The number of benzene rings is 2. The van der Waals surface area contributed by atoms with E-state index >= 15 is 0 Å². The van der Waals surface area contributed by atoms with Gasteiger partial charge in [0.1, 0.15) is 5.75 Å². The van der Waals surface area contributed by atoms with Crippen LogP contribution >= 0.6 is 12.2 Å². The van der Waals surface area contributed by atoms with Crippen molar-refractivity contribution in [2.45, 2.75) is 53.1 Å². The molecule has 3 aromatic rings. The molecule has 2 atom stereocenters. The summed E-state index contributed by atoms with van der Waals surface area (Å²) < 4.78 is 7.23. The number of nitriles is 1. The van der Waals surface area contributed by atoms with Crippen LogP contribution in [0.25, 0.3) is 0 Å². The molecule has 9 heteroatoms. The fourth-order valence-corrected chi connectivity index (χ4v) is 4.66.